The Balaban J connectivity index is 0.000000184. The topological polar surface area (TPSA) is 240 Å². The number of aromatic nitrogens is 4. The number of amides is 4. The number of hydroxylamine groups is 4. The molecule has 0 spiro atoms. The van der Waals surface area contributed by atoms with Crippen molar-refractivity contribution in [2.24, 2.45) is 0 Å². The first-order valence-electron chi connectivity index (χ1n) is 29.3. The summed E-state index contributed by atoms with van der Waals surface area (Å²) in [6, 6.07) is 54.8. The standard InChI is InChI=1S/C34H35N3O7Si.C33H33N3O7Si/c1-22-20-36(33(41)35-30(22)38)29-19-27(28(43-29)21-42-37-31(39)25-17-11-12-18-26(25)32(37)40)44-45(34(2,3)4,23-13-7-5-8-14-23)24-15-9-6-10-16-24;1-33(2,3)44(22-12-6-4-7-13-22,23-14-8-5-9-15-23)43-26-20-29(35-19-18-28(37)34-32(35)40)42-27(26)21-41-36-30(38)24-16-10-11-17-25(24)31(36)39/h5-18,20,27-29H,19,21H2,1-4H3,(H,35,38,41);4-19,26-27,29H,20-21H2,1-3H3,(H,34,37,40)/t27-,28+,29+;26-,27+,29+/m00/s1. The number of ether oxygens (including phenoxy) is 2. The van der Waals surface area contributed by atoms with Gasteiger partial charge in [0.2, 0.25) is 0 Å². The van der Waals surface area contributed by atoms with Gasteiger partial charge in [0.15, 0.2) is 0 Å². The van der Waals surface area contributed by atoms with Crippen LogP contribution in [0.1, 0.15) is 114 Å². The summed E-state index contributed by atoms with van der Waals surface area (Å²) >= 11 is 0. The molecule has 22 heteroatoms. The third-order valence-electron chi connectivity index (χ3n) is 16.7. The number of aryl methyl sites for hydroxylation is 1. The predicted molar refractivity (Wildman–Crippen MR) is 335 cm³/mol. The van der Waals surface area contributed by atoms with E-state index in [-0.39, 0.29) is 58.4 Å². The van der Waals surface area contributed by atoms with Gasteiger partial charge < -0.3 is 18.3 Å². The van der Waals surface area contributed by atoms with E-state index in [1.165, 1.54) is 27.6 Å². The van der Waals surface area contributed by atoms with Gasteiger partial charge in [-0.1, -0.05) is 187 Å². The molecule has 2 N–H and O–H groups in total. The zero-order chi connectivity index (χ0) is 63.0. The van der Waals surface area contributed by atoms with Gasteiger partial charge in [-0.25, -0.2) is 9.59 Å². The maximum Gasteiger partial charge on any atom is 0.330 e. The quantitative estimate of drug-likeness (QED) is 0.0798. The summed E-state index contributed by atoms with van der Waals surface area (Å²) in [6.45, 7) is 14.2. The van der Waals surface area contributed by atoms with Gasteiger partial charge in [-0.15, -0.1) is 10.1 Å². The number of rotatable bonds is 16. The third kappa shape index (κ3) is 11.8. The molecule has 6 heterocycles. The van der Waals surface area contributed by atoms with Gasteiger partial charge in [-0.2, -0.15) is 0 Å². The molecule has 20 nitrogen and oxygen atoms in total. The first-order chi connectivity index (χ1) is 42.6. The second kappa shape index (κ2) is 25.0. The summed E-state index contributed by atoms with van der Waals surface area (Å²) in [7, 11) is -6.16. The number of benzene rings is 6. The molecule has 4 aliphatic heterocycles. The lowest BCUT2D eigenvalue weighted by atomic mass is 10.1. The van der Waals surface area contributed by atoms with E-state index in [1.807, 2.05) is 72.8 Å². The molecule has 0 radical (unpaired) electrons. The minimum atomic E-state index is -3.09. The number of fused-ring (bicyclic) bond motifs is 2. The Kier molecular flexibility index (Phi) is 17.3. The predicted octanol–water partition coefficient (Wildman–Crippen LogP) is 6.30. The molecular formula is C67H68N6O14Si2. The molecule has 4 aliphatic rings. The minimum absolute atomic E-state index is 0.192. The van der Waals surface area contributed by atoms with E-state index in [2.05, 4.69) is 100 Å². The van der Waals surface area contributed by atoms with E-state index in [0.29, 0.717) is 5.56 Å². The van der Waals surface area contributed by atoms with Gasteiger partial charge in [0.05, 0.1) is 34.5 Å². The highest BCUT2D eigenvalue weighted by Gasteiger charge is 2.56. The van der Waals surface area contributed by atoms with Crippen LogP contribution in [0.2, 0.25) is 10.1 Å². The summed E-state index contributed by atoms with van der Waals surface area (Å²) in [6.07, 6.45) is -0.997. The van der Waals surface area contributed by atoms with E-state index < -0.39 is 99.6 Å². The van der Waals surface area contributed by atoms with Crippen LogP contribution in [-0.2, 0) is 28.0 Å². The normalized spacial score (nSPS) is 20.2. The molecule has 2 fully saturated rings. The molecule has 6 atom stereocenters. The van der Waals surface area contributed by atoms with Crippen LogP contribution in [0, 0.1) is 6.92 Å². The Morgan fingerprint density at radius 3 is 1.11 bits per heavy atom. The second-order valence-electron chi connectivity index (χ2n) is 24.4. The van der Waals surface area contributed by atoms with Crippen LogP contribution in [0.25, 0.3) is 0 Å². The Morgan fingerprint density at radius 2 is 0.775 bits per heavy atom. The summed E-state index contributed by atoms with van der Waals surface area (Å²) in [5.74, 6) is -2.22. The van der Waals surface area contributed by atoms with Crippen molar-refractivity contribution in [1.29, 1.82) is 0 Å². The minimum Gasteiger partial charge on any atom is -0.402 e. The second-order valence-corrected chi connectivity index (χ2v) is 32.9. The lowest BCUT2D eigenvalue weighted by Gasteiger charge is -2.45. The molecule has 89 heavy (non-hydrogen) atoms. The monoisotopic (exact) mass is 1240 g/mol. The van der Waals surface area contributed by atoms with Crippen molar-refractivity contribution in [1.82, 2.24) is 29.2 Å². The van der Waals surface area contributed by atoms with Gasteiger partial charge in [-0.3, -0.25) is 57.5 Å². The number of nitrogens with one attached hydrogen (secondary N) is 2. The fraction of sp³-hybridized carbons (Fsp3) is 0.284. The van der Waals surface area contributed by atoms with Crippen LogP contribution in [0.15, 0.2) is 207 Å². The SMILES string of the molecule is CC(C)(C)[Si](O[C@H]1C[C@H](n2ccc(=O)[nH]c2=O)O[C@@H]1CON1C(=O)c2ccccc2C1=O)(c1ccccc1)c1ccccc1.Cc1cn([C@H]2C[C@H](O[Si](c3ccccc3)(c3ccccc3)C(C)(C)C)[C@@H](CON3C(=O)c4ccccc4C3=O)O2)c(=O)[nH]c1=O. The highest BCUT2D eigenvalue weighted by atomic mass is 28.4. The highest BCUT2D eigenvalue weighted by molar-refractivity contribution is 7.00. The molecule has 458 valence electrons. The molecule has 2 aromatic heterocycles. The van der Waals surface area contributed by atoms with Crippen LogP contribution in [0.3, 0.4) is 0 Å². The Morgan fingerprint density at radius 1 is 0.449 bits per heavy atom. The zero-order valence-corrected chi connectivity index (χ0v) is 52.2. The van der Waals surface area contributed by atoms with Crippen LogP contribution in [0.5, 0.6) is 0 Å². The smallest absolute Gasteiger partial charge is 0.330 e. The first-order valence-corrected chi connectivity index (χ1v) is 33.2. The summed E-state index contributed by atoms with van der Waals surface area (Å²) in [4.78, 5) is 118. The molecule has 0 aliphatic carbocycles. The average Bonchev–Trinajstić information content (AvgIpc) is 1.50. The number of H-pyrrole nitrogens is 2. The van der Waals surface area contributed by atoms with Gasteiger partial charge >= 0.3 is 11.4 Å². The van der Waals surface area contributed by atoms with E-state index >= 15 is 0 Å². The average molecular weight is 1240 g/mol. The molecule has 0 bridgehead atoms. The lowest BCUT2D eigenvalue weighted by Crippen LogP contribution is -2.68. The number of nitrogens with zero attached hydrogens (tertiary/aromatic N) is 4. The molecule has 2 saturated heterocycles. The molecular weight excluding hydrogens is 1170 g/mol. The van der Waals surface area contributed by atoms with Crippen molar-refractivity contribution in [2.75, 3.05) is 13.2 Å². The Labute approximate surface area is 514 Å². The van der Waals surface area contributed by atoms with Crippen LogP contribution in [-0.4, -0.2) is 107 Å². The fourth-order valence-corrected chi connectivity index (χ4v) is 21.9. The Hall–Kier alpha value is -8.85. The third-order valence-corrected chi connectivity index (χ3v) is 26.8. The zero-order valence-electron chi connectivity index (χ0n) is 50.2. The van der Waals surface area contributed by atoms with Crippen LogP contribution >= 0.6 is 0 Å². The number of carbonyl (C=O) groups is 4. The maximum atomic E-state index is 13.1. The van der Waals surface area contributed by atoms with Crippen molar-refractivity contribution >= 4 is 61.0 Å². The van der Waals surface area contributed by atoms with E-state index in [1.54, 1.807) is 55.5 Å². The summed E-state index contributed by atoms with van der Waals surface area (Å²) in [5.41, 5.74) is -0.796. The van der Waals surface area contributed by atoms with Crippen molar-refractivity contribution in [3.63, 3.8) is 0 Å². The van der Waals surface area contributed by atoms with E-state index in [9.17, 15) is 38.4 Å². The lowest BCUT2D eigenvalue weighted by molar-refractivity contribution is -0.140. The number of carbonyl (C=O) groups excluding carboxylic acids is 4. The van der Waals surface area contributed by atoms with Crippen LogP contribution < -0.4 is 43.2 Å². The molecule has 0 unspecified atom stereocenters. The van der Waals surface area contributed by atoms with Crippen LogP contribution in [0.4, 0.5) is 0 Å². The van der Waals surface area contributed by atoms with E-state index in [4.69, 9.17) is 28.0 Å². The van der Waals surface area contributed by atoms with Gasteiger partial charge in [-0.05, 0) is 62.0 Å². The molecule has 0 saturated carbocycles. The van der Waals surface area contributed by atoms with Crippen molar-refractivity contribution in [2.45, 2.75) is 108 Å². The highest BCUT2D eigenvalue weighted by Crippen LogP contribution is 2.43. The maximum absolute atomic E-state index is 13.1. The van der Waals surface area contributed by atoms with Gasteiger partial charge in [0, 0.05) is 36.9 Å². The van der Waals surface area contributed by atoms with Gasteiger partial charge in [0.25, 0.3) is 51.4 Å². The van der Waals surface area contributed by atoms with E-state index in [0.717, 1.165) is 30.9 Å². The largest absolute Gasteiger partial charge is 0.402 e. The van der Waals surface area contributed by atoms with Crippen molar-refractivity contribution in [3.05, 3.63) is 258 Å². The molecule has 4 amide bonds. The number of aromatic amines is 2. The molecule has 6 aromatic carbocycles. The number of imide groups is 2. The summed E-state index contributed by atoms with van der Waals surface area (Å²) in [5, 5.41) is 5.05. The van der Waals surface area contributed by atoms with Gasteiger partial charge in [0.1, 0.15) is 37.9 Å². The molecule has 8 aromatic rings. The number of hydrogen-bond acceptors (Lipinski definition) is 14. The molecule has 12 rings (SSSR count). The fourth-order valence-electron chi connectivity index (χ4n) is 12.4. The summed E-state index contributed by atoms with van der Waals surface area (Å²) < 4.78 is 30.2. The van der Waals surface area contributed by atoms with Crippen molar-refractivity contribution in [3.8, 4) is 0 Å². The number of hydrogen-bond donors (Lipinski definition) is 2. The first kappa shape index (κ1) is 61.8. The van der Waals surface area contributed by atoms with Crippen molar-refractivity contribution < 1.29 is 47.2 Å². The Bertz CT molecular complexity index is 4040.